The van der Waals surface area contributed by atoms with Gasteiger partial charge in [0.25, 0.3) is 0 Å². The monoisotopic (exact) mass is 376 g/mol. The molecule has 1 saturated carbocycles. The molecule has 146 valence electrons. The summed E-state index contributed by atoms with van der Waals surface area (Å²) in [5, 5.41) is 0. The fourth-order valence-corrected chi connectivity index (χ4v) is 3.98. The van der Waals surface area contributed by atoms with E-state index in [2.05, 4.69) is 6.92 Å². The lowest BCUT2D eigenvalue weighted by Crippen LogP contribution is -2.14. The van der Waals surface area contributed by atoms with Gasteiger partial charge in [-0.3, -0.25) is 0 Å². The molecule has 1 aliphatic carbocycles. The standard InChI is InChI=1S/C23H27F3O/c1-3-13-27-21-12-9-17(14-20(21)24)19-11-10-18(22(25)23(19)26)16-7-5-15(4-2)6-8-16/h9-12,14-16H,3-8,13H2,1-2H3. The van der Waals surface area contributed by atoms with Crippen LogP contribution in [0.1, 0.15) is 63.9 Å². The second-order valence-corrected chi connectivity index (χ2v) is 7.45. The van der Waals surface area contributed by atoms with E-state index >= 15 is 0 Å². The summed E-state index contributed by atoms with van der Waals surface area (Å²) < 4.78 is 49.0. The topological polar surface area (TPSA) is 9.23 Å². The lowest BCUT2D eigenvalue weighted by molar-refractivity contribution is 0.301. The van der Waals surface area contributed by atoms with Gasteiger partial charge >= 0.3 is 0 Å². The fraction of sp³-hybridized carbons (Fsp3) is 0.478. The number of benzene rings is 2. The highest BCUT2D eigenvalue weighted by Gasteiger charge is 2.26. The molecular formula is C23H27F3O. The van der Waals surface area contributed by atoms with Crippen LogP contribution in [0, 0.1) is 23.4 Å². The molecule has 2 aromatic rings. The fourth-order valence-electron chi connectivity index (χ4n) is 3.98. The van der Waals surface area contributed by atoms with Crippen LogP contribution in [0.5, 0.6) is 5.75 Å². The van der Waals surface area contributed by atoms with E-state index in [9.17, 15) is 13.2 Å². The quantitative estimate of drug-likeness (QED) is 0.516. The first-order valence-electron chi connectivity index (χ1n) is 9.95. The summed E-state index contributed by atoms with van der Waals surface area (Å²) in [6.45, 7) is 4.52. The van der Waals surface area contributed by atoms with Gasteiger partial charge in [0.1, 0.15) is 0 Å². The first-order chi connectivity index (χ1) is 13.0. The highest BCUT2D eigenvalue weighted by atomic mass is 19.2. The van der Waals surface area contributed by atoms with Crippen molar-refractivity contribution in [2.45, 2.75) is 58.3 Å². The Morgan fingerprint density at radius 1 is 0.926 bits per heavy atom. The molecule has 0 atom stereocenters. The molecule has 0 aromatic heterocycles. The van der Waals surface area contributed by atoms with Crippen molar-refractivity contribution in [1.82, 2.24) is 0 Å². The minimum absolute atomic E-state index is 0.0675. The maximum absolute atomic E-state index is 14.8. The van der Waals surface area contributed by atoms with E-state index in [0.29, 0.717) is 23.7 Å². The van der Waals surface area contributed by atoms with Crippen molar-refractivity contribution in [3.05, 3.63) is 53.3 Å². The van der Waals surface area contributed by atoms with E-state index in [0.717, 1.165) is 38.5 Å². The summed E-state index contributed by atoms with van der Waals surface area (Å²) in [5.41, 5.74) is 0.850. The highest BCUT2D eigenvalue weighted by molar-refractivity contribution is 5.66. The Morgan fingerprint density at radius 2 is 1.67 bits per heavy atom. The van der Waals surface area contributed by atoms with Crippen molar-refractivity contribution in [3.63, 3.8) is 0 Å². The third-order valence-corrected chi connectivity index (χ3v) is 5.68. The van der Waals surface area contributed by atoms with Gasteiger partial charge in [-0.25, -0.2) is 13.2 Å². The van der Waals surface area contributed by atoms with E-state index in [-0.39, 0.29) is 17.2 Å². The summed E-state index contributed by atoms with van der Waals surface area (Å²) in [6, 6.07) is 7.48. The lowest BCUT2D eigenvalue weighted by Gasteiger charge is -2.28. The number of hydrogen-bond acceptors (Lipinski definition) is 1. The molecule has 27 heavy (non-hydrogen) atoms. The maximum atomic E-state index is 14.8. The first-order valence-corrected chi connectivity index (χ1v) is 9.95. The molecule has 0 saturated heterocycles. The first kappa shape index (κ1) is 19.8. The molecule has 1 fully saturated rings. The van der Waals surface area contributed by atoms with Crippen molar-refractivity contribution in [2.75, 3.05) is 6.61 Å². The third kappa shape index (κ3) is 4.31. The Labute approximate surface area is 159 Å². The van der Waals surface area contributed by atoms with Crippen LogP contribution in [0.2, 0.25) is 0 Å². The molecular weight excluding hydrogens is 349 g/mol. The van der Waals surface area contributed by atoms with Crippen LogP contribution in [-0.4, -0.2) is 6.61 Å². The number of ether oxygens (including phenoxy) is 1. The van der Waals surface area contributed by atoms with E-state index in [1.807, 2.05) is 6.92 Å². The van der Waals surface area contributed by atoms with E-state index < -0.39 is 17.5 Å². The minimum Gasteiger partial charge on any atom is -0.491 e. The molecule has 1 nitrogen and oxygen atoms in total. The second kappa shape index (κ2) is 8.81. The van der Waals surface area contributed by atoms with E-state index in [1.54, 1.807) is 18.2 Å². The molecule has 0 bridgehead atoms. The predicted molar refractivity (Wildman–Crippen MR) is 103 cm³/mol. The van der Waals surface area contributed by atoms with Gasteiger partial charge in [-0.05, 0) is 67.2 Å². The maximum Gasteiger partial charge on any atom is 0.166 e. The van der Waals surface area contributed by atoms with Gasteiger partial charge in [0.05, 0.1) is 6.61 Å². The number of halogens is 3. The third-order valence-electron chi connectivity index (χ3n) is 5.68. The summed E-state index contributed by atoms with van der Waals surface area (Å²) in [7, 11) is 0. The molecule has 1 aliphatic rings. The Bertz CT molecular complexity index is 779. The zero-order valence-corrected chi connectivity index (χ0v) is 16.0. The normalized spacial score (nSPS) is 19.9. The van der Waals surface area contributed by atoms with Crippen LogP contribution in [0.3, 0.4) is 0 Å². The van der Waals surface area contributed by atoms with Gasteiger partial charge in [0.2, 0.25) is 0 Å². The van der Waals surface area contributed by atoms with Gasteiger partial charge < -0.3 is 4.74 Å². The van der Waals surface area contributed by atoms with Crippen LogP contribution in [0.25, 0.3) is 11.1 Å². The summed E-state index contributed by atoms with van der Waals surface area (Å²) >= 11 is 0. The van der Waals surface area contributed by atoms with Gasteiger partial charge in [-0.15, -0.1) is 0 Å². The average Bonchev–Trinajstić information content (AvgIpc) is 2.69. The molecule has 0 spiro atoms. The SMILES string of the molecule is CCCOc1ccc(-c2ccc(C3CCC(CC)CC3)c(F)c2F)cc1F. The largest absolute Gasteiger partial charge is 0.491 e. The zero-order chi connectivity index (χ0) is 19.4. The summed E-state index contributed by atoms with van der Waals surface area (Å²) in [4.78, 5) is 0. The molecule has 0 aliphatic heterocycles. The summed E-state index contributed by atoms with van der Waals surface area (Å²) in [5.74, 6) is -1.36. The van der Waals surface area contributed by atoms with Crippen molar-refractivity contribution < 1.29 is 17.9 Å². The molecule has 0 unspecified atom stereocenters. The van der Waals surface area contributed by atoms with Gasteiger partial charge in [-0.2, -0.15) is 0 Å². The van der Waals surface area contributed by atoms with Crippen molar-refractivity contribution in [3.8, 4) is 16.9 Å². The molecule has 2 aromatic carbocycles. The molecule has 4 heteroatoms. The Kier molecular flexibility index (Phi) is 6.46. The van der Waals surface area contributed by atoms with Gasteiger partial charge in [0, 0.05) is 5.56 Å². The van der Waals surface area contributed by atoms with Crippen molar-refractivity contribution in [2.24, 2.45) is 5.92 Å². The van der Waals surface area contributed by atoms with Crippen molar-refractivity contribution >= 4 is 0 Å². The van der Waals surface area contributed by atoms with Gasteiger partial charge in [-0.1, -0.05) is 38.5 Å². The number of hydrogen-bond donors (Lipinski definition) is 0. The van der Waals surface area contributed by atoms with Gasteiger partial charge in [0.15, 0.2) is 23.2 Å². The van der Waals surface area contributed by atoms with E-state index in [4.69, 9.17) is 4.74 Å². The van der Waals surface area contributed by atoms with Crippen LogP contribution in [0.4, 0.5) is 13.2 Å². The number of rotatable bonds is 6. The minimum atomic E-state index is -0.897. The van der Waals surface area contributed by atoms with E-state index in [1.165, 1.54) is 12.1 Å². The molecule has 3 rings (SSSR count). The molecule has 0 amide bonds. The second-order valence-electron chi connectivity index (χ2n) is 7.45. The average molecular weight is 376 g/mol. The Hall–Kier alpha value is -1.97. The van der Waals surface area contributed by atoms with Crippen molar-refractivity contribution in [1.29, 1.82) is 0 Å². The summed E-state index contributed by atoms with van der Waals surface area (Å²) in [6.07, 6.45) is 5.83. The predicted octanol–water partition coefficient (Wildman–Crippen LogP) is 7.24. The smallest absolute Gasteiger partial charge is 0.166 e. The highest BCUT2D eigenvalue weighted by Crippen LogP contribution is 2.40. The van der Waals surface area contributed by atoms with Crippen LogP contribution >= 0.6 is 0 Å². The van der Waals surface area contributed by atoms with Crippen LogP contribution in [0.15, 0.2) is 30.3 Å². The molecule has 0 heterocycles. The Morgan fingerprint density at radius 3 is 2.30 bits per heavy atom. The van der Waals surface area contributed by atoms with Crippen LogP contribution < -0.4 is 4.74 Å². The zero-order valence-electron chi connectivity index (χ0n) is 16.0. The van der Waals surface area contributed by atoms with Crippen LogP contribution in [-0.2, 0) is 0 Å². The Balaban J connectivity index is 1.84. The lowest BCUT2D eigenvalue weighted by atomic mass is 9.77. The molecule has 0 N–H and O–H groups in total. The molecule has 0 radical (unpaired) electrons.